The molecule has 2 heterocycles. The van der Waals surface area contributed by atoms with Crippen LogP contribution in [0.1, 0.15) is 19.8 Å². The second-order valence-corrected chi connectivity index (χ2v) is 4.94. The van der Waals surface area contributed by atoms with Crippen molar-refractivity contribution in [2.24, 2.45) is 11.3 Å². The highest BCUT2D eigenvalue weighted by Crippen LogP contribution is 2.38. The van der Waals surface area contributed by atoms with E-state index in [4.69, 9.17) is 0 Å². The summed E-state index contributed by atoms with van der Waals surface area (Å²) in [5, 5.41) is 12.9. The number of nitrogens with zero attached hydrogens (tertiary/aromatic N) is 1. The SMILES string of the molecule is CCCCN1CC2CNCC2(CO)C1.Cl.Cl. The molecule has 2 N–H and O–H groups in total. The average molecular weight is 271 g/mol. The van der Waals surface area contributed by atoms with Gasteiger partial charge in [-0.3, -0.25) is 0 Å². The molecule has 5 heteroatoms. The van der Waals surface area contributed by atoms with E-state index in [1.54, 1.807) is 0 Å². The number of nitrogens with one attached hydrogen (secondary N) is 1. The number of likely N-dealkylation sites (tertiary alicyclic amines) is 1. The van der Waals surface area contributed by atoms with Crippen LogP contribution in [0, 0.1) is 11.3 Å². The molecule has 0 bridgehead atoms. The van der Waals surface area contributed by atoms with Crippen LogP contribution in [0.2, 0.25) is 0 Å². The van der Waals surface area contributed by atoms with Crippen molar-refractivity contribution < 1.29 is 5.11 Å². The molecule has 2 fully saturated rings. The summed E-state index contributed by atoms with van der Waals surface area (Å²) in [6.45, 7) is 8.21. The van der Waals surface area contributed by atoms with Gasteiger partial charge in [-0.15, -0.1) is 24.8 Å². The van der Waals surface area contributed by atoms with E-state index in [0.717, 1.165) is 19.6 Å². The second-order valence-electron chi connectivity index (χ2n) is 4.94. The fourth-order valence-electron chi connectivity index (χ4n) is 2.91. The first-order valence-electron chi connectivity index (χ1n) is 5.84. The van der Waals surface area contributed by atoms with Crippen LogP contribution >= 0.6 is 24.8 Å². The maximum atomic E-state index is 9.50. The summed E-state index contributed by atoms with van der Waals surface area (Å²) >= 11 is 0. The van der Waals surface area contributed by atoms with Crippen molar-refractivity contribution in [1.82, 2.24) is 10.2 Å². The number of halogens is 2. The molecule has 98 valence electrons. The lowest BCUT2D eigenvalue weighted by atomic mass is 9.82. The molecule has 0 amide bonds. The van der Waals surface area contributed by atoms with Gasteiger partial charge in [0.15, 0.2) is 0 Å². The van der Waals surface area contributed by atoms with Gasteiger partial charge < -0.3 is 15.3 Å². The normalized spacial score (nSPS) is 33.0. The summed E-state index contributed by atoms with van der Waals surface area (Å²) in [6, 6.07) is 0. The Morgan fingerprint density at radius 1 is 1.44 bits per heavy atom. The van der Waals surface area contributed by atoms with Crippen molar-refractivity contribution in [2.75, 3.05) is 39.3 Å². The Hall–Kier alpha value is 0.460. The highest BCUT2D eigenvalue weighted by atomic mass is 35.5. The number of rotatable bonds is 4. The molecule has 0 saturated carbocycles. The van der Waals surface area contributed by atoms with Crippen LogP contribution in [0.25, 0.3) is 0 Å². The molecule has 2 aliphatic heterocycles. The van der Waals surface area contributed by atoms with E-state index >= 15 is 0 Å². The van der Waals surface area contributed by atoms with Gasteiger partial charge in [0.2, 0.25) is 0 Å². The monoisotopic (exact) mass is 270 g/mol. The van der Waals surface area contributed by atoms with E-state index < -0.39 is 0 Å². The van der Waals surface area contributed by atoms with Gasteiger partial charge in [0, 0.05) is 25.0 Å². The van der Waals surface area contributed by atoms with Crippen molar-refractivity contribution in [3.63, 3.8) is 0 Å². The van der Waals surface area contributed by atoms with E-state index in [-0.39, 0.29) is 30.2 Å². The van der Waals surface area contributed by atoms with Gasteiger partial charge in [-0.05, 0) is 25.4 Å². The smallest absolute Gasteiger partial charge is 0.0515 e. The van der Waals surface area contributed by atoms with Gasteiger partial charge in [0.25, 0.3) is 0 Å². The van der Waals surface area contributed by atoms with Gasteiger partial charge in [0.05, 0.1) is 6.61 Å². The summed E-state index contributed by atoms with van der Waals surface area (Å²) in [7, 11) is 0. The van der Waals surface area contributed by atoms with Crippen molar-refractivity contribution in [3.8, 4) is 0 Å². The Morgan fingerprint density at radius 2 is 2.19 bits per heavy atom. The lowest BCUT2D eigenvalue weighted by molar-refractivity contribution is 0.124. The first-order valence-corrected chi connectivity index (χ1v) is 5.84. The predicted molar refractivity (Wildman–Crippen MR) is 71.7 cm³/mol. The fourth-order valence-corrected chi connectivity index (χ4v) is 2.91. The van der Waals surface area contributed by atoms with Crippen LogP contribution in [-0.4, -0.2) is 49.3 Å². The van der Waals surface area contributed by atoms with Crippen molar-refractivity contribution in [2.45, 2.75) is 19.8 Å². The van der Waals surface area contributed by atoms with Crippen LogP contribution in [-0.2, 0) is 0 Å². The quantitative estimate of drug-likeness (QED) is 0.805. The average Bonchev–Trinajstić information content (AvgIpc) is 2.70. The number of hydrogen-bond donors (Lipinski definition) is 2. The second kappa shape index (κ2) is 7.02. The molecule has 2 unspecified atom stereocenters. The van der Waals surface area contributed by atoms with Gasteiger partial charge >= 0.3 is 0 Å². The minimum Gasteiger partial charge on any atom is -0.396 e. The zero-order valence-electron chi connectivity index (χ0n) is 9.95. The van der Waals surface area contributed by atoms with E-state index in [2.05, 4.69) is 17.1 Å². The lowest BCUT2D eigenvalue weighted by Crippen LogP contribution is -2.36. The lowest BCUT2D eigenvalue weighted by Gasteiger charge is -2.25. The van der Waals surface area contributed by atoms with Crippen LogP contribution < -0.4 is 5.32 Å². The van der Waals surface area contributed by atoms with E-state index in [1.807, 2.05) is 0 Å². The van der Waals surface area contributed by atoms with Crippen LogP contribution in [0.15, 0.2) is 0 Å². The Kier molecular flexibility index (Phi) is 7.22. The molecule has 0 aromatic carbocycles. The summed E-state index contributed by atoms with van der Waals surface area (Å²) < 4.78 is 0. The Bertz CT molecular complexity index is 206. The maximum absolute atomic E-state index is 9.50. The van der Waals surface area contributed by atoms with Gasteiger partial charge in [-0.2, -0.15) is 0 Å². The number of fused-ring (bicyclic) bond motifs is 1. The Morgan fingerprint density at radius 3 is 2.75 bits per heavy atom. The summed E-state index contributed by atoms with van der Waals surface area (Å²) in [5.74, 6) is 0.685. The molecular weight excluding hydrogens is 247 g/mol. The number of aliphatic hydroxyl groups is 1. The minimum absolute atomic E-state index is 0. The third kappa shape index (κ3) is 3.02. The summed E-state index contributed by atoms with van der Waals surface area (Å²) in [6.07, 6.45) is 2.56. The number of unbranched alkanes of at least 4 members (excludes halogenated alkanes) is 1. The molecule has 2 saturated heterocycles. The molecule has 2 atom stereocenters. The highest BCUT2D eigenvalue weighted by Gasteiger charge is 2.48. The van der Waals surface area contributed by atoms with Crippen molar-refractivity contribution >= 4 is 24.8 Å². The number of aliphatic hydroxyl groups excluding tert-OH is 1. The molecule has 2 rings (SSSR count). The van der Waals surface area contributed by atoms with Crippen LogP contribution in [0.3, 0.4) is 0 Å². The Labute approximate surface area is 111 Å². The molecule has 0 aromatic heterocycles. The van der Waals surface area contributed by atoms with Crippen molar-refractivity contribution in [1.29, 1.82) is 0 Å². The molecule has 0 aromatic rings. The third-order valence-electron chi connectivity index (χ3n) is 3.89. The molecule has 0 spiro atoms. The molecule has 0 aliphatic carbocycles. The summed E-state index contributed by atoms with van der Waals surface area (Å²) in [4.78, 5) is 2.53. The Balaban J connectivity index is 0.00000112. The molecular formula is C11H24Cl2N2O. The van der Waals surface area contributed by atoms with Gasteiger partial charge in [-0.1, -0.05) is 13.3 Å². The molecule has 2 aliphatic rings. The molecule has 16 heavy (non-hydrogen) atoms. The van der Waals surface area contributed by atoms with Gasteiger partial charge in [-0.25, -0.2) is 0 Å². The topological polar surface area (TPSA) is 35.5 Å². The third-order valence-corrected chi connectivity index (χ3v) is 3.89. The van der Waals surface area contributed by atoms with Gasteiger partial charge in [0.1, 0.15) is 0 Å². The molecule has 3 nitrogen and oxygen atoms in total. The first kappa shape index (κ1) is 16.5. The van der Waals surface area contributed by atoms with Crippen LogP contribution in [0.5, 0.6) is 0 Å². The standard InChI is InChI=1S/C11H22N2O.2ClH/c1-2-3-4-13-6-10-5-12-7-11(10,8-13)9-14;;/h10,12,14H,2-9H2,1H3;2*1H. The zero-order chi connectivity index (χ0) is 10.0. The van der Waals surface area contributed by atoms with Crippen LogP contribution in [0.4, 0.5) is 0 Å². The maximum Gasteiger partial charge on any atom is 0.0515 e. The highest BCUT2D eigenvalue weighted by molar-refractivity contribution is 5.85. The fraction of sp³-hybridized carbons (Fsp3) is 1.00. The van der Waals surface area contributed by atoms with E-state index in [9.17, 15) is 5.11 Å². The predicted octanol–water partition coefficient (Wildman–Crippen LogP) is 1.14. The van der Waals surface area contributed by atoms with Crippen molar-refractivity contribution in [3.05, 3.63) is 0 Å². The zero-order valence-corrected chi connectivity index (χ0v) is 11.6. The largest absolute Gasteiger partial charge is 0.396 e. The van der Waals surface area contributed by atoms with E-state index in [0.29, 0.717) is 12.5 Å². The minimum atomic E-state index is 0. The number of hydrogen-bond acceptors (Lipinski definition) is 3. The van der Waals surface area contributed by atoms with E-state index in [1.165, 1.54) is 25.9 Å². The first-order chi connectivity index (χ1) is 6.80. The molecule has 0 radical (unpaired) electrons. The summed E-state index contributed by atoms with van der Waals surface area (Å²) in [5.41, 5.74) is 0.188.